The lowest BCUT2D eigenvalue weighted by Gasteiger charge is -2.37. The van der Waals surface area contributed by atoms with Crippen molar-refractivity contribution in [3.63, 3.8) is 0 Å². The summed E-state index contributed by atoms with van der Waals surface area (Å²) in [4.78, 5) is 16.5. The van der Waals surface area contributed by atoms with Gasteiger partial charge in [-0.1, -0.05) is 17.7 Å². The van der Waals surface area contributed by atoms with E-state index in [4.69, 9.17) is 11.6 Å². The third-order valence-electron chi connectivity index (χ3n) is 3.41. The van der Waals surface area contributed by atoms with E-state index < -0.39 is 0 Å². The Morgan fingerprint density at radius 3 is 2.59 bits per heavy atom. The lowest BCUT2D eigenvalue weighted by atomic mass is 9.72. The first-order valence-corrected chi connectivity index (χ1v) is 6.03. The van der Waals surface area contributed by atoms with Crippen LogP contribution in [0.2, 0.25) is 5.02 Å². The van der Waals surface area contributed by atoms with Crippen molar-refractivity contribution in [1.82, 2.24) is 0 Å². The number of rotatable bonds is 3. The number of hydrogen-bond acceptors (Lipinski definition) is 3. The molecule has 0 aliphatic heterocycles. The van der Waals surface area contributed by atoms with Crippen molar-refractivity contribution < 1.29 is 4.79 Å². The normalized spacial score (nSPS) is 16.9. The Kier molecular flexibility index (Phi) is 3.23. The van der Waals surface area contributed by atoms with E-state index in [0.29, 0.717) is 5.02 Å². The van der Waals surface area contributed by atoms with Crippen LogP contribution in [0.25, 0.3) is 0 Å². The Morgan fingerprint density at radius 2 is 2.12 bits per heavy atom. The van der Waals surface area contributed by atoms with Gasteiger partial charge in [-0.3, -0.25) is 0 Å². The van der Waals surface area contributed by atoms with Crippen LogP contribution in [-0.4, -0.2) is 20.2 Å². The molecule has 0 saturated heterocycles. The fraction of sp³-hybridized carbons (Fsp3) is 0.462. The first-order chi connectivity index (χ1) is 8.09. The van der Waals surface area contributed by atoms with Crippen LogP contribution in [0.4, 0.5) is 5.69 Å². The van der Waals surface area contributed by atoms with Gasteiger partial charge in [-0.15, -0.1) is 0 Å². The highest BCUT2D eigenvalue weighted by atomic mass is 35.5. The van der Waals surface area contributed by atoms with Crippen LogP contribution in [0.3, 0.4) is 0 Å². The zero-order chi connectivity index (χ0) is 12.5. The van der Waals surface area contributed by atoms with Crippen LogP contribution in [-0.2, 0) is 10.3 Å². The average molecular weight is 251 g/mol. The smallest absolute Gasteiger partial charge is 0.235 e. The summed E-state index contributed by atoms with van der Waals surface area (Å²) >= 11 is 6.13. The molecular weight excluding hydrogens is 236 g/mol. The molecule has 0 radical (unpaired) electrons. The van der Waals surface area contributed by atoms with Crippen molar-refractivity contribution in [3.05, 3.63) is 28.8 Å². The zero-order valence-electron chi connectivity index (χ0n) is 10.0. The Balaban J connectivity index is 2.45. The van der Waals surface area contributed by atoms with Gasteiger partial charge >= 0.3 is 0 Å². The number of nitrogens with zero attached hydrogens (tertiary/aromatic N) is 2. The van der Waals surface area contributed by atoms with Crippen molar-refractivity contribution in [2.75, 3.05) is 19.0 Å². The molecule has 0 spiro atoms. The predicted octanol–water partition coefficient (Wildman–Crippen LogP) is 3.12. The molecule has 1 aromatic carbocycles. The Hall–Kier alpha value is -1.31. The Bertz CT molecular complexity index is 474. The second-order valence-corrected chi connectivity index (χ2v) is 5.06. The zero-order valence-corrected chi connectivity index (χ0v) is 10.8. The number of carbonyl (C=O) groups excluding carboxylic acids is 1. The van der Waals surface area contributed by atoms with E-state index in [1.54, 1.807) is 6.08 Å². The van der Waals surface area contributed by atoms with Gasteiger partial charge in [0, 0.05) is 14.1 Å². The second-order valence-electron chi connectivity index (χ2n) is 4.65. The monoisotopic (exact) mass is 250 g/mol. The lowest BCUT2D eigenvalue weighted by molar-refractivity contribution is 0.256. The molecule has 0 bridgehead atoms. The highest BCUT2D eigenvalue weighted by Crippen LogP contribution is 2.46. The summed E-state index contributed by atoms with van der Waals surface area (Å²) in [5.74, 6) is 0. The van der Waals surface area contributed by atoms with Gasteiger partial charge in [0.1, 0.15) is 0 Å². The van der Waals surface area contributed by atoms with E-state index >= 15 is 0 Å². The van der Waals surface area contributed by atoms with Crippen molar-refractivity contribution in [3.8, 4) is 0 Å². The van der Waals surface area contributed by atoms with Crippen molar-refractivity contribution in [2.24, 2.45) is 4.99 Å². The van der Waals surface area contributed by atoms with Gasteiger partial charge in [0.15, 0.2) is 0 Å². The van der Waals surface area contributed by atoms with Crippen LogP contribution in [0.5, 0.6) is 0 Å². The number of isocyanates is 1. The molecule has 0 heterocycles. The minimum atomic E-state index is -0.350. The molecule has 0 atom stereocenters. The van der Waals surface area contributed by atoms with Gasteiger partial charge in [0.2, 0.25) is 6.08 Å². The number of aliphatic imine (C=N–C) groups is 1. The maximum absolute atomic E-state index is 10.5. The maximum atomic E-state index is 10.5. The third-order valence-corrected chi connectivity index (χ3v) is 3.73. The van der Waals surface area contributed by atoms with E-state index in [2.05, 4.69) is 4.99 Å². The molecule has 0 N–H and O–H groups in total. The summed E-state index contributed by atoms with van der Waals surface area (Å²) < 4.78 is 0. The molecule has 1 fully saturated rings. The van der Waals surface area contributed by atoms with Crippen LogP contribution in [0.15, 0.2) is 23.2 Å². The molecular formula is C13H15ClN2O. The fourth-order valence-corrected chi connectivity index (χ4v) is 2.50. The fourth-order valence-electron chi connectivity index (χ4n) is 2.21. The maximum Gasteiger partial charge on any atom is 0.235 e. The van der Waals surface area contributed by atoms with Gasteiger partial charge in [-0.25, -0.2) is 4.79 Å². The minimum Gasteiger partial charge on any atom is -0.376 e. The molecule has 1 saturated carbocycles. The molecule has 17 heavy (non-hydrogen) atoms. The van der Waals surface area contributed by atoms with Crippen LogP contribution >= 0.6 is 11.6 Å². The number of hydrogen-bond donors (Lipinski definition) is 0. The largest absolute Gasteiger partial charge is 0.376 e. The topological polar surface area (TPSA) is 32.7 Å². The van der Waals surface area contributed by atoms with Gasteiger partial charge in [-0.05, 0) is 37.0 Å². The quantitative estimate of drug-likeness (QED) is 0.610. The summed E-state index contributed by atoms with van der Waals surface area (Å²) in [6.45, 7) is 0. The molecule has 3 nitrogen and oxygen atoms in total. The number of anilines is 1. The Labute approximate surface area is 106 Å². The standard InChI is InChI=1S/C13H15ClN2O/c1-16(2)12-8-10(4-5-11(12)14)13(15-9-17)6-3-7-13/h4-5,8H,3,6-7H2,1-2H3. The van der Waals surface area contributed by atoms with Gasteiger partial charge in [0.05, 0.1) is 16.2 Å². The molecule has 1 aromatic rings. The lowest BCUT2D eigenvalue weighted by Crippen LogP contribution is -2.32. The molecule has 1 aliphatic rings. The molecule has 2 rings (SSSR count). The van der Waals surface area contributed by atoms with E-state index in [0.717, 1.165) is 30.5 Å². The van der Waals surface area contributed by atoms with Crippen molar-refractivity contribution >= 4 is 23.4 Å². The van der Waals surface area contributed by atoms with Crippen LogP contribution in [0.1, 0.15) is 24.8 Å². The van der Waals surface area contributed by atoms with Gasteiger partial charge < -0.3 is 4.90 Å². The van der Waals surface area contributed by atoms with Crippen LogP contribution < -0.4 is 4.90 Å². The summed E-state index contributed by atoms with van der Waals surface area (Å²) in [6, 6.07) is 5.84. The summed E-state index contributed by atoms with van der Waals surface area (Å²) in [5, 5.41) is 0.711. The van der Waals surface area contributed by atoms with Gasteiger partial charge in [0.25, 0.3) is 0 Å². The van der Waals surface area contributed by atoms with Crippen LogP contribution in [0, 0.1) is 0 Å². The summed E-state index contributed by atoms with van der Waals surface area (Å²) in [6.07, 6.45) is 4.63. The summed E-state index contributed by atoms with van der Waals surface area (Å²) in [5.41, 5.74) is 1.66. The summed E-state index contributed by atoms with van der Waals surface area (Å²) in [7, 11) is 3.89. The number of benzene rings is 1. The van der Waals surface area contributed by atoms with Crippen molar-refractivity contribution in [2.45, 2.75) is 24.8 Å². The van der Waals surface area contributed by atoms with Crippen molar-refractivity contribution in [1.29, 1.82) is 0 Å². The third kappa shape index (κ3) is 2.08. The molecule has 0 aromatic heterocycles. The molecule has 0 unspecified atom stereocenters. The second kappa shape index (κ2) is 4.52. The molecule has 0 amide bonds. The highest BCUT2D eigenvalue weighted by molar-refractivity contribution is 6.33. The van der Waals surface area contributed by atoms with E-state index in [1.165, 1.54) is 0 Å². The molecule has 90 valence electrons. The SMILES string of the molecule is CN(C)c1cc(C2(N=C=O)CCC2)ccc1Cl. The first-order valence-electron chi connectivity index (χ1n) is 5.65. The van der Waals surface area contributed by atoms with Gasteiger partial charge in [-0.2, -0.15) is 4.99 Å². The van der Waals surface area contributed by atoms with E-state index in [-0.39, 0.29) is 5.54 Å². The van der Waals surface area contributed by atoms with E-state index in [9.17, 15) is 4.79 Å². The predicted molar refractivity (Wildman–Crippen MR) is 69.4 cm³/mol. The minimum absolute atomic E-state index is 0.350. The molecule has 4 heteroatoms. The first kappa shape index (κ1) is 12.2. The highest BCUT2D eigenvalue weighted by Gasteiger charge is 2.39. The Morgan fingerprint density at radius 1 is 1.41 bits per heavy atom. The number of halogens is 1. The molecule has 1 aliphatic carbocycles. The average Bonchev–Trinajstić information content (AvgIpc) is 2.24. The van der Waals surface area contributed by atoms with E-state index in [1.807, 2.05) is 37.2 Å².